The summed E-state index contributed by atoms with van der Waals surface area (Å²) in [5.41, 5.74) is 5.49. The Morgan fingerprint density at radius 1 is 1.56 bits per heavy atom. The molecule has 1 atom stereocenters. The van der Waals surface area contributed by atoms with Crippen LogP contribution in [0.4, 0.5) is 0 Å². The van der Waals surface area contributed by atoms with Gasteiger partial charge in [-0.3, -0.25) is 0 Å². The highest BCUT2D eigenvalue weighted by Gasteiger charge is 2.35. The van der Waals surface area contributed by atoms with Crippen LogP contribution < -0.4 is 5.73 Å². The van der Waals surface area contributed by atoms with Gasteiger partial charge in [-0.25, -0.2) is 13.4 Å². The molecule has 2 heterocycles. The summed E-state index contributed by atoms with van der Waals surface area (Å²) < 4.78 is 28.1. The quantitative estimate of drug-likeness (QED) is 0.836. The van der Waals surface area contributed by atoms with E-state index >= 15 is 0 Å². The molecule has 0 spiro atoms. The molecule has 0 amide bonds. The van der Waals surface area contributed by atoms with Crippen molar-refractivity contribution >= 4 is 10.0 Å². The fourth-order valence-electron chi connectivity index (χ4n) is 2.41. The number of aryl methyl sites for hydroxylation is 1. The van der Waals surface area contributed by atoms with Gasteiger partial charge in [-0.15, -0.1) is 0 Å². The molecule has 1 unspecified atom stereocenters. The van der Waals surface area contributed by atoms with E-state index in [-0.39, 0.29) is 11.1 Å². The van der Waals surface area contributed by atoms with Gasteiger partial charge in [-0.05, 0) is 32.2 Å². The maximum Gasteiger partial charge on any atom is 0.262 e. The molecule has 2 rings (SSSR count). The molecule has 7 heteroatoms. The topological polar surface area (TPSA) is 81.2 Å². The number of nitrogens with two attached hydrogens (primary N) is 1. The third-order valence-electron chi connectivity index (χ3n) is 3.32. The summed E-state index contributed by atoms with van der Waals surface area (Å²) in [6.45, 7) is 1.20. The van der Waals surface area contributed by atoms with Crippen LogP contribution in [0.3, 0.4) is 0 Å². The van der Waals surface area contributed by atoms with E-state index in [4.69, 9.17) is 5.73 Å². The van der Waals surface area contributed by atoms with Crippen molar-refractivity contribution in [2.75, 3.05) is 13.1 Å². The highest BCUT2D eigenvalue weighted by atomic mass is 32.2. The van der Waals surface area contributed by atoms with Crippen molar-refractivity contribution in [3.05, 3.63) is 12.5 Å². The largest absolute Gasteiger partial charge is 0.339 e. The normalized spacial score (nSPS) is 21.6. The van der Waals surface area contributed by atoms with Crippen molar-refractivity contribution in [2.45, 2.75) is 36.8 Å². The number of aromatic nitrogens is 2. The Labute approximate surface area is 108 Å². The number of rotatable bonds is 5. The van der Waals surface area contributed by atoms with Gasteiger partial charge < -0.3 is 10.3 Å². The summed E-state index contributed by atoms with van der Waals surface area (Å²) >= 11 is 0. The van der Waals surface area contributed by atoms with Gasteiger partial charge in [0.2, 0.25) is 0 Å². The third-order valence-corrected chi connectivity index (χ3v) is 5.16. The lowest BCUT2D eigenvalue weighted by Gasteiger charge is -2.22. The highest BCUT2D eigenvalue weighted by Crippen LogP contribution is 2.27. The second-order valence-electron chi connectivity index (χ2n) is 4.72. The van der Waals surface area contributed by atoms with E-state index in [0.29, 0.717) is 13.1 Å². The van der Waals surface area contributed by atoms with Gasteiger partial charge >= 0.3 is 0 Å². The first-order chi connectivity index (χ1) is 8.55. The minimum absolute atomic E-state index is 0.0838. The second kappa shape index (κ2) is 5.38. The molecule has 1 aromatic heterocycles. The Kier molecular flexibility index (Phi) is 4.04. The number of nitrogens with zero attached hydrogens (tertiary/aromatic N) is 3. The summed E-state index contributed by atoms with van der Waals surface area (Å²) in [4.78, 5) is 3.96. The Morgan fingerprint density at radius 2 is 2.33 bits per heavy atom. The average molecular weight is 272 g/mol. The van der Waals surface area contributed by atoms with Crippen LogP contribution in [-0.4, -0.2) is 41.4 Å². The zero-order chi connectivity index (χ0) is 13.2. The lowest BCUT2D eigenvalue weighted by molar-refractivity contribution is 0.364. The summed E-state index contributed by atoms with van der Waals surface area (Å²) in [7, 11) is -1.67. The zero-order valence-corrected chi connectivity index (χ0v) is 11.4. The van der Waals surface area contributed by atoms with E-state index in [1.165, 1.54) is 6.33 Å². The highest BCUT2D eigenvalue weighted by molar-refractivity contribution is 7.89. The Balaban J connectivity index is 2.18. The number of hydrogen-bond donors (Lipinski definition) is 1. The van der Waals surface area contributed by atoms with Gasteiger partial charge in [0, 0.05) is 25.8 Å². The van der Waals surface area contributed by atoms with Crippen LogP contribution in [0.5, 0.6) is 0 Å². The number of imidazole rings is 1. The van der Waals surface area contributed by atoms with Gasteiger partial charge in [-0.1, -0.05) is 0 Å². The predicted octanol–water partition coefficient (Wildman–Crippen LogP) is 0.312. The molecule has 0 saturated carbocycles. The van der Waals surface area contributed by atoms with Gasteiger partial charge in [0.25, 0.3) is 10.0 Å². The Bertz CT molecular complexity index is 497. The lowest BCUT2D eigenvalue weighted by Crippen LogP contribution is -2.36. The Hall–Kier alpha value is -0.920. The zero-order valence-electron chi connectivity index (χ0n) is 10.6. The number of sulfonamides is 1. The fraction of sp³-hybridized carbons (Fsp3) is 0.727. The monoisotopic (exact) mass is 272 g/mol. The van der Waals surface area contributed by atoms with Crippen molar-refractivity contribution < 1.29 is 8.42 Å². The summed E-state index contributed by atoms with van der Waals surface area (Å²) in [5.74, 6) is 0. The minimum Gasteiger partial charge on any atom is -0.339 e. The summed E-state index contributed by atoms with van der Waals surface area (Å²) in [6, 6.07) is 0.0838. The SMILES string of the molecule is Cn1cnc(S(=O)(=O)N2CCCC2CCCN)c1. The molecule has 0 radical (unpaired) electrons. The molecule has 0 bridgehead atoms. The smallest absolute Gasteiger partial charge is 0.262 e. The van der Waals surface area contributed by atoms with Crippen molar-refractivity contribution in [1.82, 2.24) is 13.9 Å². The standard InChI is InChI=1S/C11H20N4O2S/c1-14-8-11(13-9-14)18(16,17)15-7-3-5-10(15)4-2-6-12/h8-10H,2-7,12H2,1H3. The first-order valence-corrected chi connectivity index (χ1v) is 7.69. The molecule has 1 aliphatic rings. The van der Waals surface area contributed by atoms with Crippen LogP contribution in [-0.2, 0) is 17.1 Å². The molecule has 1 fully saturated rings. The summed E-state index contributed by atoms with van der Waals surface area (Å²) in [5, 5.41) is 0.143. The van der Waals surface area contributed by atoms with E-state index in [1.807, 2.05) is 0 Å². The Morgan fingerprint density at radius 3 is 2.94 bits per heavy atom. The van der Waals surface area contributed by atoms with E-state index in [0.717, 1.165) is 25.7 Å². The molecule has 102 valence electrons. The first kappa shape index (κ1) is 13.5. The molecule has 6 nitrogen and oxygen atoms in total. The first-order valence-electron chi connectivity index (χ1n) is 6.25. The number of hydrogen-bond acceptors (Lipinski definition) is 4. The van der Waals surface area contributed by atoms with Gasteiger partial charge in [-0.2, -0.15) is 4.31 Å². The molecule has 0 aliphatic carbocycles. The van der Waals surface area contributed by atoms with Gasteiger partial charge in [0.15, 0.2) is 5.03 Å². The third kappa shape index (κ3) is 2.57. The maximum atomic E-state index is 12.4. The molecule has 1 saturated heterocycles. The lowest BCUT2D eigenvalue weighted by atomic mass is 10.1. The van der Waals surface area contributed by atoms with Crippen LogP contribution >= 0.6 is 0 Å². The van der Waals surface area contributed by atoms with Crippen molar-refractivity contribution in [2.24, 2.45) is 12.8 Å². The fourth-order valence-corrected chi connectivity index (χ4v) is 4.10. The van der Waals surface area contributed by atoms with Crippen molar-refractivity contribution in [1.29, 1.82) is 0 Å². The average Bonchev–Trinajstić information content (AvgIpc) is 2.95. The molecule has 2 N–H and O–H groups in total. The van der Waals surface area contributed by atoms with Crippen LogP contribution in [0.1, 0.15) is 25.7 Å². The molecule has 1 aliphatic heterocycles. The molecular formula is C11H20N4O2S. The van der Waals surface area contributed by atoms with E-state index in [9.17, 15) is 8.42 Å². The van der Waals surface area contributed by atoms with Crippen LogP contribution in [0.15, 0.2) is 17.6 Å². The van der Waals surface area contributed by atoms with E-state index in [2.05, 4.69) is 4.98 Å². The summed E-state index contributed by atoms with van der Waals surface area (Å²) in [6.07, 6.45) is 6.60. The van der Waals surface area contributed by atoms with E-state index < -0.39 is 10.0 Å². The molecular weight excluding hydrogens is 252 g/mol. The van der Waals surface area contributed by atoms with Crippen molar-refractivity contribution in [3.8, 4) is 0 Å². The second-order valence-corrected chi connectivity index (χ2v) is 6.56. The van der Waals surface area contributed by atoms with Crippen LogP contribution in [0, 0.1) is 0 Å². The van der Waals surface area contributed by atoms with E-state index in [1.54, 1.807) is 22.1 Å². The predicted molar refractivity (Wildman–Crippen MR) is 68.4 cm³/mol. The van der Waals surface area contributed by atoms with Gasteiger partial charge in [0.05, 0.1) is 6.33 Å². The molecule has 1 aromatic rings. The minimum atomic E-state index is -3.44. The maximum absolute atomic E-state index is 12.4. The van der Waals surface area contributed by atoms with Crippen LogP contribution in [0.2, 0.25) is 0 Å². The molecule has 0 aromatic carbocycles. The van der Waals surface area contributed by atoms with Crippen molar-refractivity contribution in [3.63, 3.8) is 0 Å². The van der Waals surface area contributed by atoms with Gasteiger partial charge in [0.1, 0.15) is 0 Å². The van der Waals surface area contributed by atoms with Crippen LogP contribution in [0.25, 0.3) is 0 Å². The molecule has 18 heavy (non-hydrogen) atoms.